The second kappa shape index (κ2) is 9.87. The topological polar surface area (TPSA) is 106 Å². The molecule has 0 unspecified atom stereocenters. The van der Waals surface area contributed by atoms with Crippen molar-refractivity contribution in [1.82, 2.24) is 20.1 Å². The number of aromatic nitrogens is 3. The Kier molecular flexibility index (Phi) is 7.54. The van der Waals surface area contributed by atoms with Crippen LogP contribution >= 0.6 is 0 Å². The van der Waals surface area contributed by atoms with Crippen molar-refractivity contribution in [2.75, 3.05) is 6.54 Å². The summed E-state index contributed by atoms with van der Waals surface area (Å²) >= 11 is 0. The van der Waals surface area contributed by atoms with Crippen molar-refractivity contribution in [3.8, 4) is 11.3 Å². The molecule has 8 nitrogen and oxygen atoms in total. The number of nitrogens with one attached hydrogen (secondary N) is 1. The van der Waals surface area contributed by atoms with Crippen LogP contribution in [0.2, 0.25) is 0 Å². The second-order valence-corrected chi connectivity index (χ2v) is 7.55. The van der Waals surface area contributed by atoms with Crippen LogP contribution in [0.4, 0.5) is 4.79 Å². The zero-order valence-corrected chi connectivity index (χ0v) is 16.6. The van der Waals surface area contributed by atoms with Crippen LogP contribution in [0.1, 0.15) is 56.9 Å². The third-order valence-corrected chi connectivity index (χ3v) is 3.88. The fourth-order valence-corrected chi connectivity index (χ4v) is 2.59. The highest BCUT2D eigenvalue weighted by Gasteiger charge is 2.15. The van der Waals surface area contributed by atoms with Crippen molar-refractivity contribution >= 4 is 12.1 Å². The van der Waals surface area contributed by atoms with Gasteiger partial charge >= 0.3 is 12.1 Å². The molecule has 0 fully saturated rings. The van der Waals surface area contributed by atoms with E-state index in [1.165, 1.54) is 6.07 Å². The Labute approximate surface area is 164 Å². The molecular formula is C20H28N4O4. The molecule has 152 valence electrons. The van der Waals surface area contributed by atoms with Crippen LogP contribution in [0.25, 0.3) is 11.3 Å². The maximum atomic E-state index is 11.5. The van der Waals surface area contributed by atoms with Crippen LogP contribution in [0.3, 0.4) is 0 Å². The van der Waals surface area contributed by atoms with Crippen molar-refractivity contribution in [2.24, 2.45) is 0 Å². The highest BCUT2D eigenvalue weighted by atomic mass is 16.6. The average molecular weight is 388 g/mol. The summed E-state index contributed by atoms with van der Waals surface area (Å²) < 4.78 is 7.02. The predicted molar refractivity (Wildman–Crippen MR) is 105 cm³/mol. The number of hydrogen-bond donors (Lipinski definition) is 2. The molecule has 0 aliphatic rings. The lowest BCUT2D eigenvalue weighted by Gasteiger charge is -2.19. The number of amides is 1. The number of aromatic carboxylic acids is 1. The molecule has 8 heteroatoms. The smallest absolute Gasteiger partial charge is 0.407 e. The molecule has 0 saturated heterocycles. The van der Waals surface area contributed by atoms with Gasteiger partial charge in [0.1, 0.15) is 11.3 Å². The Balaban J connectivity index is 1.66. The van der Waals surface area contributed by atoms with Crippen molar-refractivity contribution in [2.45, 2.75) is 58.6 Å². The molecule has 0 atom stereocenters. The number of unbranched alkanes of at least 4 members (excludes halogenated alkanes) is 3. The molecule has 0 aromatic carbocycles. The van der Waals surface area contributed by atoms with E-state index < -0.39 is 11.6 Å². The van der Waals surface area contributed by atoms with E-state index in [0.717, 1.165) is 37.8 Å². The number of alkyl carbamates (subject to hydrolysis) is 1. The van der Waals surface area contributed by atoms with E-state index in [4.69, 9.17) is 9.84 Å². The Morgan fingerprint density at radius 1 is 1.18 bits per heavy atom. The number of pyridine rings is 1. The lowest BCUT2D eigenvalue weighted by Crippen LogP contribution is -2.32. The van der Waals surface area contributed by atoms with Crippen LogP contribution < -0.4 is 5.32 Å². The number of hydrogen-bond acceptors (Lipinski definition) is 5. The van der Waals surface area contributed by atoms with E-state index >= 15 is 0 Å². The summed E-state index contributed by atoms with van der Waals surface area (Å²) in [7, 11) is 0. The van der Waals surface area contributed by atoms with Gasteiger partial charge in [-0.15, -0.1) is 0 Å². The number of carboxylic acid groups (broad SMARTS) is 1. The lowest BCUT2D eigenvalue weighted by molar-refractivity contribution is 0.0526. The first-order valence-electron chi connectivity index (χ1n) is 9.44. The maximum absolute atomic E-state index is 11.5. The molecule has 0 aliphatic carbocycles. The summed E-state index contributed by atoms with van der Waals surface area (Å²) in [5.74, 6) is -1.05. The molecule has 1 amide bonds. The third kappa shape index (κ3) is 7.38. The molecule has 2 N–H and O–H groups in total. The molecular weight excluding hydrogens is 360 g/mol. The monoisotopic (exact) mass is 388 g/mol. The largest absolute Gasteiger partial charge is 0.477 e. The number of carbonyl (C=O) groups is 2. The molecule has 2 rings (SSSR count). The zero-order chi connectivity index (χ0) is 20.6. The van der Waals surface area contributed by atoms with Gasteiger partial charge < -0.3 is 15.2 Å². The van der Waals surface area contributed by atoms with Gasteiger partial charge in [0.2, 0.25) is 0 Å². The van der Waals surface area contributed by atoms with E-state index in [1.807, 2.05) is 31.6 Å². The molecule has 2 aromatic heterocycles. The minimum absolute atomic E-state index is 0.0187. The molecule has 28 heavy (non-hydrogen) atoms. The van der Waals surface area contributed by atoms with Crippen LogP contribution in [-0.4, -0.2) is 44.1 Å². The van der Waals surface area contributed by atoms with Crippen molar-refractivity contribution in [3.05, 3.63) is 36.3 Å². The molecule has 2 heterocycles. The van der Waals surface area contributed by atoms with E-state index in [9.17, 15) is 9.59 Å². The highest BCUT2D eigenvalue weighted by molar-refractivity contribution is 5.86. The zero-order valence-electron chi connectivity index (χ0n) is 16.6. The normalized spacial score (nSPS) is 11.2. The number of aryl methyl sites for hydroxylation is 1. The SMILES string of the molecule is CC(C)(C)OC(=O)NCCCCCCn1cc(-c2cccc(C(=O)O)n2)cn1. The van der Waals surface area contributed by atoms with E-state index in [2.05, 4.69) is 15.4 Å². The summed E-state index contributed by atoms with van der Waals surface area (Å²) in [6, 6.07) is 4.91. The Bertz CT molecular complexity index is 795. The number of nitrogens with zero attached hydrogens (tertiary/aromatic N) is 3. The predicted octanol–water partition coefficient (Wildman–Crippen LogP) is 3.73. The van der Waals surface area contributed by atoms with Crippen molar-refractivity contribution in [3.63, 3.8) is 0 Å². The molecule has 0 radical (unpaired) electrons. The van der Waals surface area contributed by atoms with Crippen LogP contribution in [-0.2, 0) is 11.3 Å². The van der Waals surface area contributed by atoms with Gasteiger partial charge in [0, 0.05) is 24.8 Å². The quantitative estimate of drug-likeness (QED) is 0.634. The van der Waals surface area contributed by atoms with E-state index in [1.54, 1.807) is 18.3 Å². The molecule has 0 bridgehead atoms. The summed E-state index contributed by atoms with van der Waals surface area (Å²) in [6.07, 6.45) is 7.09. The number of ether oxygens (including phenoxy) is 1. The average Bonchev–Trinajstić information content (AvgIpc) is 3.08. The molecule has 2 aromatic rings. The number of carboxylic acids is 1. The minimum Gasteiger partial charge on any atom is -0.477 e. The van der Waals surface area contributed by atoms with Gasteiger partial charge in [-0.2, -0.15) is 5.10 Å². The summed E-state index contributed by atoms with van der Waals surface area (Å²) in [6.45, 7) is 6.90. The van der Waals surface area contributed by atoms with E-state index in [0.29, 0.717) is 12.2 Å². The van der Waals surface area contributed by atoms with Gasteiger partial charge in [-0.25, -0.2) is 14.6 Å². The Hall–Kier alpha value is -2.90. The van der Waals surface area contributed by atoms with Crippen LogP contribution in [0.5, 0.6) is 0 Å². The second-order valence-electron chi connectivity index (χ2n) is 7.55. The summed E-state index contributed by atoms with van der Waals surface area (Å²) in [5, 5.41) is 16.1. The Morgan fingerprint density at radius 3 is 2.64 bits per heavy atom. The van der Waals surface area contributed by atoms with Crippen LogP contribution in [0.15, 0.2) is 30.6 Å². The van der Waals surface area contributed by atoms with Gasteiger partial charge in [0.25, 0.3) is 0 Å². The molecule has 0 saturated carbocycles. The minimum atomic E-state index is -1.05. The van der Waals surface area contributed by atoms with Gasteiger partial charge in [0.15, 0.2) is 0 Å². The number of rotatable bonds is 9. The first-order valence-corrected chi connectivity index (χ1v) is 9.44. The first kappa shape index (κ1) is 21.4. The Morgan fingerprint density at radius 2 is 1.93 bits per heavy atom. The van der Waals surface area contributed by atoms with Gasteiger partial charge in [0.05, 0.1) is 11.9 Å². The fraction of sp³-hybridized carbons (Fsp3) is 0.500. The molecule has 0 aliphatic heterocycles. The van der Waals surface area contributed by atoms with Gasteiger partial charge in [-0.1, -0.05) is 18.9 Å². The highest BCUT2D eigenvalue weighted by Crippen LogP contribution is 2.17. The third-order valence-electron chi connectivity index (χ3n) is 3.88. The van der Waals surface area contributed by atoms with Gasteiger partial charge in [-0.05, 0) is 45.7 Å². The summed E-state index contributed by atoms with van der Waals surface area (Å²) in [5.41, 5.74) is 0.936. The number of carbonyl (C=O) groups excluding carboxylic acids is 1. The lowest BCUT2D eigenvalue weighted by atomic mass is 10.2. The standard InChI is InChI=1S/C20H28N4O4/c1-20(2,3)28-19(27)21-11-6-4-5-7-12-24-14-15(13-22-24)16-9-8-10-17(23-16)18(25)26/h8-10,13-14H,4-7,11-12H2,1-3H3,(H,21,27)(H,25,26). The fourth-order valence-electron chi connectivity index (χ4n) is 2.59. The van der Waals surface area contributed by atoms with Crippen LogP contribution in [0, 0.1) is 0 Å². The van der Waals surface area contributed by atoms with E-state index in [-0.39, 0.29) is 11.8 Å². The first-order chi connectivity index (χ1) is 13.2. The maximum Gasteiger partial charge on any atom is 0.407 e. The van der Waals surface area contributed by atoms with Crippen molar-refractivity contribution < 1.29 is 19.4 Å². The summed E-state index contributed by atoms with van der Waals surface area (Å²) in [4.78, 5) is 26.7. The van der Waals surface area contributed by atoms with Gasteiger partial charge in [-0.3, -0.25) is 4.68 Å². The van der Waals surface area contributed by atoms with Crippen molar-refractivity contribution in [1.29, 1.82) is 0 Å². The molecule has 0 spiro atoms.